The van der Waals surface area contributed by atoms with Crippen LogP contribution in [0.4, 0.5) is 0 Å². The number of allylic oxidation sites excluding steroid dienone is 1. The average Bonchev–Trinajstić information content (AvgIpc) is 2.29. The van der Waals surface area contributed by atoms with Crippen molar-refractivity contribution in [1.29, 1.82) is 0 Å². The standard InChI is InChI=1S/C17H26/c1-9-8-11-13-12-10(2)14(3,4)16(12,6)17(13,7)15(9,11)5/h10-13H,1,8H2,2-7H3/t10?,11-,12+,13-,15-,16-,17+/m0/s1. The summed E-state index contributed by atoms with van der Waals surface area (Å²) in [6.07, 6.45) is 1.33. The van der Waals surface area contributed by atoms with Gasteiger partial charge in [-0.05, 0) is 51.8 Å². The second kappa shape index (κ2) is 2.17. The van der Waals surface area contributed by atoms with Crippen LogP contribution in [0.1, 0.15) is 48.0 Å². The van der Waals surface area contributed by atoms with Crippen molar-refractivity contribution in [3.8, 4) is 0 Å². The van der Waals surface area contributed by atoms with E-state index in [4.69, 9.17) is 0 Å². The Bertz CT molecular complexity index is 459. The van der Waals surface area contributed by atoms with Crippen molar-refractivity contribution >= 4 is 0 Å². The highest BCUT2D eigenvalue weighted by molar-refractivity contribution is 5.47. The topological polar surface area (TPSA) is 0 Å². The number of hydrogen-bond acceptors (Lipinski definition) is 0. The van der Waals surface area contributed by atoms with Crippen LogP contribution >= 0.6 is 0 Å². The number of rotatable bonds is 0. The van der Waals surface area contributed by atoms with Gasteiger partial charge in [-0.2, -0.15) is 0 Å². The van der Waals surface area contributed by atoms with Gasteiger partial charge in [0, 0.05) is 0 Å². The highest BCUT2D eigenvalue weighted by Gasteiger charge is 2.93. The Morgan fingerprint density at radius 3 is 2.12 bits per heavy atom. The molecule has 0 N–H and O–H groups in total. The van der Waals surface area contributed by atoms with Gasteiger partial charge in [0.2, 0.25) is 0 Å². The Morgan fingerprint density at radius 1 is 1.00 bits per heavy atom. The molecule has 0 spiro atoms. The van der Waals surface area contributed by atoms with Crippen LogP contribution < -0.4 is 0 Å². The molecule has 0 amide bonds. The number of hydrogen-bond donors (Lipinski definition) is 0. The summed E-state index contributed by atoms with van der Waals surface area (Å²) in [7, 11) is 0. The van der Waals surface area contributed by atoms with Crippen molar-refractivity contribution < 1.29 is 0 Å². The monoisotopic (exact) mass is 230 g/mol. The molecule has 0 aromatic rings. The molecular formula is C17H26. The Kier molecular flexibility index (Phi) is 1.36. The molecule has 4 aliphatic rings. The van der Waals surface area contributed by atoms with Crippen LogP contribution in [-0.2, 0) is 0 Å². The fourth-order valence-electron chi connectivity index (χ4n) is 7.54. The minimum Gasteiger partial charge on any atom is -0.0993 e. The molecule has 4 saturated carbocycles. The van der Waals surface area contributed by atoms with Crippen LogP contribution in [0.3, 0.4) is 0 Å². The lowest BCUT2D eigenvalue weighted by Crippen LogP contribution is -2.93. The van der Waals surface area contributed by atoms with Crippen molar-refractivity contribution in [3.63, 3.8) is 0 Å². The molecule has 0 heterocycles. The zero-order valence-corrected chi connectivity index (χ0v) is 12.2. The van der Waals surface area contributed by atoms with Crippen LogP contribution in [-0.4, -0.2) is 0 Å². The van der Waals surface area contributed by atoms with Crippen molar-refractivity contribution in [3.05, 3.63) is 12.2 Å². The van der Waals surface area contributed by atoms with Gasteiger partial charge in [0.1, 0.15) is 0 Å². The van der Waals surface area contributed by atoms with Crippen LogP contribution in [0.25, 0.3) is 0 Å². The molecule has 4 rings (SSSR count). The van der Waals surface area contributed by atoms with Gasteiger partial charge >= 0.3 is 0 Å². The minimum atomic E-state index is 0.486. The number of fused-ring (bicyclic) bond motifs is 7. The maximum Gasteiger partial charge on any atom is -0.00226 e. The third kappa shape index (κ3) is 0.562. The molecule has 0 heteroatoms. The van der Waals surface area contributed by atoms with Gasteiger partial charge in [0.05, 0.1) is 0 Å². The van der Waals surface area contributed by atoms with Gasteiger partial charge < -0.3 is 0 Å². The molecule has 0 aromatic heterocycles. The van der Waals surface area contributed by atoms with Crippen LogP contribution in [0.5, 0.6) is 0 Å². The van der Waals surface area contributed by atoms with Crippen LogP contribution in [0.15, 0.2) is 12.2 Å². The molecule has 4 aliphatic carbocycles. The van der Waals surface area contributed by atoms with Gasteiger partial charge in [-0.3, -0.25) is 0 Å². The average molecular weight is 230 g/mol. The third-order valence-electron chi connectivity index (χ3n) is 9.27. The molecule has 0 aliphatic heterocycles. The van der Waals surface area contributed by atoms with E-state index in [1.54, 1.807) is 5.57 Å². The quantitative estimate of drug-likeness (QED) is 0.537. The molecule has 0 nitrogen and oxygen atoms in total. The first kappa shape index (κ1) is 10.6. The van der Waals surface area contributed by atoms with Crippen molar-refractivity contribution in [2.75, 3.05) is 0 Å². The summed E-state index contributed by atoms with van der Waals surface area (Å²) in [5, 5.41) is 0. The zero-order valence-electron chi connectivity index (χ0n) is 12.2. The van der Waals surface area contributed by atoms with Gasteiger partial charge in [0.25, 0.3) is 0 Å². The molecule has 0 radical (unpaired) electrons. The van der Waals surface area contributed by atoms with Crippen molar-refractivity contribution in [1.82, 2.24) is 0 Å². The van der Waals surface area contributed by atoms with E-state index in [-0.39, 0.29) is 0 Å². The summed E-state index contributed by atoms with van der Waals surface area (Å²) in [5.74, 6) is 3.93. The lowest BCUT2D eigenvalue weighted by Gasteiger charge is -2.97. The molecule has 94 valence electrons. The maximum atomic E-state index is 4.36. The summed E-state index contributed by atoms with van der Waals surface area (Å²) in [5.41, 5.74) is 3.68. The fraction of sp³-hybridized carbons (Fsp3) is 0.882. The van der Waals surface area contributed by atoms with E-state index >= 15 is 0 Å². The second-order valence-corrected chi connectivity index (χ2v) is 8.58. The Balaban J connectivity index is 1.84. The molecule has 1 unspecified atom stereocenters. The smallest absolute Gasteiger partial charge is 0.00226 e. The lowest BCUT2D eigenvalue weighted by atomic mass is 9.07. The normalized spacial score (nSPS) is 69.6. The van der Waals surface area contributed by atoms with Gasteiger partial charge in [0.15, 0.2) is 0 Å². The van der Waals surface area contributed by atoms with Crippen molar-refractivity contribution in [2.45, 2.75) is 48.0 Å². The van der Waals surface area contributed by atoms with Gasteiger partial charge in [-0.1, -0.05) is 53.7 Å². The Morgan fingerprint density at radius 2 is 1.59 bits per heavy atom. The summed E-state index contributed by atoms with van der Waals surface area (Å²) in [4.78, 5) is 0. The molecule has 17 heavy (non-hydrogen) atoms. The lowest BCUT2D eigenvalue weighted by molar-refractivity contribution is -0.482. The largest absolute Gasteiger partial charge is 0.0993 e. The molecule has 4 fully saturated rings. The highest BCUT2D eigenvalue weighted by Crippen LogP contribution is 2.98. The summed E-state index contributed by atoms with van der Waals surface area (Å²) < 4.78 is 0. The fourth-order valence-corrected chi connectivity index (χ4v) is 7.54. The summed E-state index contributed by atoms with van der Waals surface area (Å²) in [6, 6.07) is 0. The molecule has 7 atom stereocenters. The van der Waals surface area contributed by atoms with E-state index in [1.807, 2.05) is 0 Å². The predicted molar refractivity (Wildman–Crippen MR) is 71.5 cm³/mol. The zero-order chi connectivity index (χ0) is 12.6. The minimum absolute atomic E-state index is 0.486. The van der Waals surface area contributed by atoms with E-state index in [2.05, 4.69) is 48.1 Å². The second-order valence-electron chi connectivity index (χ2n) is 8.58. The van der Waals surface area contributed by atoms with E-state index < -0.39 is 0 Å². The maximum absolute atomic E-state index is 4.36. The Hall–Kier alpha value is -0.260. The van der Waals surface area contributed by atoms with Gasteiger partial charge in [-0.15, -0.1) is 0 Å². The Labute approximate surface area is 106 Å². The van der Waals surface area contributed by atoms with Gasteiger partial charge in [-0.25, -0.2) is 0 Å². The molecule has 0 bridgehead atoms. The first-order valence-electron chi connectivity index (χ1n) is 7.35. The summed E-state index contributed by atoms with van der Waals surface area (Å²) in [6.45, 7) is 19.6. The van der Waals surface area contributed by atoms with E-state index in [0.717, 1.165) is 23.7 Å². The van der Waals surface area contributed by atoms with Crippen LogP contribution in [0, 0.1) is 45.3 Å². The molecule has 0 aromatic carbocycles. The summed E-state index contributed by atoms with van der Waals surface area (Å²) >= 11 is 0. The van der Waals surface area contributed by atoms with Crippen molar-refractivity contribution in [2.24, 2.45) is 45.3 Å². The third-order valence-corrected chi connectivity index (χ3v) is 9.27. The predicted octanol–water partition coefficient (Wildman–Crippen LogP) is 4.52. The van der Waals surface area contributed by atoms with Crippen LogP contribution in [0.2, 0.25) is 0 Å². The highest BCUT2D eigenvalue weighted by atomic mass is 15.0. The first-order chi connectivity index (χ1) is 7.66. The van der Waals surface area contributed by atoms with E-state index in [1.165, 1.54) is 6.42 Å². The van der Waals surface area contributed by atoms with E-state index in [9.17, 15) is 0 Å². The first-order valence-corrected chi connectivity index (χ1v) is 7.35. The molecule has 0 saturated heterocycles. The van der Waals surface area contributed by atoms with E-state index in [0.29, 0.717) is 21.7 Å². The SMILES string of the molecule is C=C1C[C@H]2[C@H]3[C@H]4C(C)C(C)(C)[C@@]4(C)[C@@]3(C)[C@@]12C. The molecular weight excluding hydrogens is 204 g/mol.